The minimum absolute atomic E-state index is 0.422. The lowest BCUT2D eigenvalue weighted by molar-refractivity contribution is 0.201. The van der Waals surface area contributed by atoms with Gasteiger partial charge in [-0.05, 0) is 62.9 Å². The summed E-state index contributed by atoms with van der Waals surface area (Å²) in [5, 5.41) is 0. The van der Waals surface area contributed by atoms with Gasteiger partial charge < -0.3 is 4.74 Å². The molecule has 0 atom stereocenters. The first-order valence-electron chi connectivity index (χ1n) is 10.4. The number of para-hydroxylation sites is 1. The first kappa shape index (κ1) is 18.5. The number of benzene rings is 1. The highest BCUT2D eigenvalue weighted by Gasteiger charge is 2.20. The molecule has 1 aromatic heterocycles. The maximum Gasteiger partial charge on any atom is 0.124 e. The average Bonchev–Trinajstić information content (AvgIpc) is 3.11. The van der Waals surface area contributed by atoms with E-state index in [-0.39, 0.29) is 0 Å². The van der Waals surface area contributed by atoms with Crippen LogP contribution in [0.25, 0.3) is 0 Å². The molecule has 1 aliphatic carbocycles. The van der Waals surface area contributed by atoms with Crippen LogP contribution >= 0.6 is 0 Å². The molecular weight excluding hydrogens is 334 g/mol. The summed E-state index contributed by atoms with van der Waals surface area (Å²) in [6.07, 6.45) is 10.5. The Labute approximate surface area is 163 Å². The smallest absolute Gasteiger partial charge is 0.124 e. The van der Waals surface area contributed by atoms with Crippen molar-refractivity contribution >= 4 is 0 Å². The van der Waals surface area contributed by atoms with Crippen molar-refractivity contribution in [1.29, 1.82) is 0 Å². The first-order valence-corrected chi connectivity index (χ1v) is 10.4. The number of pyridine rings is 1. The van der Waals surface area contributed by atoms with Crippen LogP contribution in [-0.4, -0.2) is 47.1 Å². The van der Waals surface area contributed by atoms with Crippen LogP contribution in [0, 0.1) is 0 Å². The molecule has 0 spiro atoms. The molecule has 4 nitrogen and oxygen atoms in total. The summed E-state index contributed by atoms with van der Waals surface area (Å²) < 4.78 is 6.34. The Balaban J connectivity index is 1.33. The Hall–Kier alpha value is -1.91. The number of aromatic nitrogens is 1. The molecule has 4 rings (SSSR count). The van der Waals surface area contributed by atoms with Crippen LogP contribution in [0.15, 0.2) is 48.8 Å². The predicted molar refractivity (Wildman–Crippen MR) is 109 cm³/mol. The summed E-state index contributed by atoms with van der Waals surface area (Å²) in [4.78, 5) is 9.38. The normalized spacial score (nSPS) is 19.9. The zero-order valence-electron chi connectivity index (χ0n) is 16.2. The van der Waals surface area contributed by atoms with Crippen LogP contribution in [0.5, 0.6) is 5.75 Å². The van der Waals surface area contributed by atoms with Crippen LogP contribution in [0.4, 0.5) is 0 Å². The maximum atomic E-state index is 6.34. The highest BCUT2D eigenvalue weighted by molar-refractivity contribution is 5.33. The lowest BCUT2D eigenvalue weighted by atomic mass is 10.1. The molecule has 1 aromatic carbocycles. The Kier molecular flexibility index (Phi) is 6.38. The van der Waals surface area contributed by atoms with Gasteiger partial charge in [-0.2, -0.15) is 0 Å². The number of nitrogens with zero attached hydrogens (tertiary/aromatic N) is 3. The fourth-order valence-corrected chi connectivity index (χ4v) is 4.27. The lowest BCUT2D eigenvalue weighted by Crippen LogP contribution is -2.30. The van der Waals surface area contributed by atoms with E-state index in [1.807, 2.05) is 18.5 Å². The van der Waals surface area contributed by atoms with Crippen LogP contribution in [0.1, 0.15) is 43.2 Å². The Morgan fingerprint density at radius 3 is 2.41 bits per heavy atom. The van der Waals surface area contributed by atoms with E-state index < -0.39 is 0 Å². The molecule has 1 saturated carbocycles. The molecule has 0 bridgehead atoms. The van der Waals surface area contributed by atoms with E-state index in [0.29, 0.717) is 6.10 Å². The van der Waals surface area contributed by atoms with Crippen molar-refractivity contribution in [3.8, 4) is 5.75 Å². The highest BCUT2D eigenvalue weighted by Crippen LogP contribution is 2.27. The Morgan fingerprint density at radius 1 is 0.852 bits per heavy atom. The van der Waals surface area contributed by atoms with Crippen molar-refractivity contribution in [3.05, 3.63) is 59.9 Å². The minimum atomic E-state index is 0.422. The zero-order chi connectivity index (χ0) is 18.3. The van der Waals surface area contributed by atoms with Gasteiger partial charge in [-0.3, -0.25) is 14.8 Å². The summed E-state index contributed by atoms with van der Waals surface area (Å²) in [5.41, 5.74) is 2.64. The van der Waals surface area contributed by atoms with Crippen molar-refractivity contribution in [2.45, 2.75) is 51.3 Å². The highest BCUT2D eigenvalue weighted by atomic mass is 16.5. The molecule has 27 heavy (non-hydrogen) atoms. The Morgan fingerprint density at radius 2 is 1.63 bits per heavy atom. The summed E-state index contributed by atoms with van der Waals surface area (Å²) in [6.45, 7) is 6.53. The molecule has 4 heteroatoms. The minimum Gasteiger partial charge on any atom is -0.490 e. The predicted octanol–water partition coefficient (Wildman–Crippen LogP) is 4.11. The zero-order valence-corrected chi connectivity index (χ0v) is 16.2. The molecule has 0 N–H and O–H groups in total. The number of rotatable bonds is 6. The molecule has 2 aromatic rings. The number of ether oxygens (including phenoxy) is 1. The van der Waals surface area contributed by atoms with Crippen LogP contribution in [0.3, 0.4) is 0 Å². The molecular formula is C23H31N3O. The van der Waals surface area contributed by atoms with Gasteiger partial charge in [0.15, 0.2) is 0 Å². The fraction of sp³-hybridized carbons (Fsp3) is 0.522. The lowest BCUT2D eigenvalue weighted by Gasteiger charge is -2.23. The van der Waals surface area contributed by atoms with Gasteiger partial charge in [0.25, 0.3) is 0 Å². The average molecular weight is 366 g/mol. The number of hydrogen-bond acceptors (Lipinski definition) is 4. The van der Waals surface area contributed by atoms with Gasteiger partial charge in [-0.15, -0.1) is 0 Å². The van der Waals surface area contributed by atoms with Gasteiger partial charge in [-0.1, -0.05) is 24.3 Å². The van der Waals surface area contributed by atoms with E-state index in [1.165, 1.54) is 43.2 Å². The second kappa shape index (κ2) is 9.34. The maximum absolute atomic E-state index is 6.34. The SMILES string of the molecule is c1cncc(CN2CCCN(Cc3ccccc3OC3CCCC3)CC2)c1. The van der Waals surface area contributed by atoms with Crippen molar-refractivity contribution in [1.82, 2.24) is 14.8 Å². The van der Waals surface area contributed by atoms with Crippen LogP contribution < -0.4 is 4.74 Å². The van der Waals surface area contributed by atoms with Crippen molar-refractivity contribution in [3.63, 3.8) is 0 Å². The van der Waals surface area contributed by atoms with Gasteiger partial charge in [0.2, 0.25) is 0 Å². The largest absolute Gasteiger partial charge is 0.490 e. The molecule has 144 valence electrons. The molecule has 1 saturated heterocycles. The second-order valence-corrected chi connectivity index (χ2v) is 7.90. The van der Waals surface area contributed by atoms with E-state index in [9.17, 15) is 0 Å². The van der Waals surface area contributed by atoms with Gasteiger partial charge in [0.05, 0.1) is 6.10 Å². The monoisotopic (exact) mass is 365 g/mol. The molecule has 2 fully saturated rings. The van der Waals surface area contributed by atoms with E-state index in [1.54, 1.807) is 0 Å². The molecule has 0 radical (unpaired) electrons. The van der Waals surface area contributed by atoms with Crippen molar-refractivity contribution in [2.75, 3.05) is 26.2 Å². The van der Waals surface area contributed by atoms with E-state index >= 15 is 0 Å². The summed E-state index contributed by atoms with van der Waals surface area (Å²) in [5.74, 6) is 1.10. The van der Waals surface area contributed by atoms with E-state index in [2.05, 4.69) is 45.1 Å². The van der Waals surface area contributed by atoms with Crippen molar-refractivity contribution in [2.24, 2.45) is 0 Å². The third-order valence-corrected chi connectivity index (χ3v) is 5.77. The standard InChI is InChI=1S/C23H31N3O/c1-4-11-23(27-22-9-2-3-10-22)21(8-1)19-26-14-6-13-25(15-16-26)18-20-7-5-12-24-17-20/h1,4-5,7-8,11-12,17,22H,2-3,6,9-10,13-16,18-19H2. The topological polar surface area (TPSA) is 28.6 Å². The van der Waals surface area contributed by atoms with Crippen LogP contribution in [0.2, 0.25) is 0 Å². The van der Waals surface area contributed by atoms with E-state index in [4.69, 9.17) is 4.74 Å². The summed E-state index contributed by atoms with van der Waals surface area (Å²) in [7, 11) is 0. The first-order chi connectivity index (χ1) is 13.4. The van der Waals surface area contributed by atoms with Gasteiger partial charge in [0, 0.05) is 44.1 Å². The van der Waals surface area contributed by atoms with Gasteiger partial charge >= 0.3 is 0 Å². The van der Waals surface area contributed by atoms with E-state index in [0.717, 1.165) is 45.0 Å². The molecule has 0 unspecified atom stereocenters. The quantitative estimate of drug-likeness (QED) is 0.770. The molecule has 1 aliphatic heterocycles. The molecule has 2 aliphatic rings. The van der Waals surface area contributed by atoms with Gasteiger partial charge in [-0.25, -0.2) is 0 Å². The Bertz CT molecular complexity index is 700. The third kappa shape index (κ3) is 5.30. The van der Waals surface area contributed by atoms with Crippen molar-refractivity contribution < 1.29 is 4.74 Å². The fourth-order valence-electron chi connectivity index (χ4n) is 4.27. The third-order valence-electron chi connectivity index (χ3n) is 5.77. The molecule has 2 heterocycles. The number of hydrogen-bond donors (Lipinski definition) is 0. The molecule has 0 amide bonds. The van der Waals surface area contributed by atoms with Gasteiger partial charge in [0.1, 0.15) is 5.75 Å². The second-order valence-electron chi connectivity index (χ2n) is 7.90. The summed E-state index contributed by atoms with van der Waals surface area (Å²) in [6, 6.07) is 12.8. The summed E-state index contributed by atoms with van der Waals surface area (Å²) >= 11 is 0. The van der Waals surface area contributed by atoms with Crippen LogP contribution in [-0.2, 0) is 13.1 Å².